The SMILES string of the molecule is Cc1c(Cl)cccc1N1C[C@@H](C(=O)OCC(=O)Nc2ccc(F)cc2)CC1=O. The van der Waals surface area contributed by atoms with Crippen molar-refractivity contribution in [2.45, 2.75) is 13.3 Å². The first kappa shape index (κ1) is 19.8. The van der Waals surface area contributed by atoms with Crippen molar-refractivity contribution >= 4 is 40.8 Å². The Morgan fingerprint density at radius 3 is 2.68 bits per heavy atom. The normalized spacial score (nSPS) is 16.2. The predicted octanol–water partition coefficient (Wildman–Crippen LogP) is 3.32. The number of carbonyl (C=O) groups excluding carboxylic acids is 3. The summed E-state index contributed by atoms with van der Waals surface area (Å²) in [7, 11) is 0. The molecule has 3 rings (SSSR count). The van der Waals surface area contributed by atoms with Crippen molar-refractivity contribution in [2.24, 2.45) is 5.92 Å². The lowest BCUT2D eigenvalue weighted by Crippen LogP contribution is -2.28. The summed E-state index contributed by atoms with van der Waals surface area (Å²) in [6.07, 6.45) is 0.00433. The van der Waals surface area contributed by atoms with Crippen molar-refractivity contribution in [3.05, 3.63) is 58.9 Å². The minimum atomic E-state index is -0.662. The molecule has 28 heavy (non-hydrogen) atoms. The number of carbonyl (C=O) groups is 3. The van der Waals surface area contributed by atoms with Gasteiger partial charge in [0.05, 0.1) is 5.92 Å². The Kier molecular flexibility index (Phi) is 5.94. The molecule has 1 fully saturated rings. The number of nitrogens with zero attached hydrogens (tertiary/aromatic N) is 1. The van der Waals surface area contributed by atoms with Gasteiger partial charge in [-0.25, -0.2) is 4.39 Å². The molecule has 2 aromatic rings. The Bertz CT molecular complexity index is 917. The summed E-state index contributed by atoms with van der Waals surface area (Å²) in [5.74, 6) is -2.46. The summed E-state index contributed by atoms with van der Waals surface area (Å²) in [5, 5.41) is 3.03. The first-order valence-corrected chi connectivity index (χ1v) is 9.00. The molecule has 146 valence electrons. The second kappa shape index (κ2) is 8.39. The van der Waals surface area contributed by atoms with E-state index in [1.807, 2.05) is 0 Å². The maximum Gasteiger partial charge on any atom is 0.311 e. The summed E-state index contributed by atoms with van der Waals surface area (Å²) in [6.45, 7) is 1.48. The molecule has 0 spiro atoms. The lowest BCUT2D eigenvalue weighted by Gasteiger charge is -2.19. The fourth-order valence-corrected chi connectivity index (χ4v) is 3.14. The maximum atomic E-state index is 12.9. The summed E-state index contributed by atoms with van der Waals surface area (Å²) < 4.78 is 17.9. The molecular formula is C20H18ClFN2O4. The van der Waals surface area contributed by atoms with Gasteiger partial charge in [0.15, 0.2) is 6.61 Å². The predicted molar refractivity (Wildman–Crippen MR) is 103 cm³/mol. The Morgan fingerprint density at radius 2 is 1.96 bits per heavy atom. The molecule has 1 aliphatic rings. The molecular weight excluding hydrogens is 387 g/mol. The van der Waals surface area contributed by atoms with Gasteiger partial charge in [-0.05, 0) is 48.9 Å². The summed E-state index contributed by atoms with van der Waals surface area (Å²) in [6, 6.07) is 10.4. The van der Waals surface area contributed by atoms with Crippen LogP contribution in [0.15, 0.2) is 42.5 Å². The van der Waals surface area contributed by atoms with Crippen molar-refractivity contribution in [3.8, 4) is 0 Å². The highest BCUT2D eigenvalue weighted by Crippen LogP contribution is 2.31. The van der Waals surface area contributed by atoms with Gasteiger partial charge < -0.3 is 15.0 Å². The first-order chi connectivity index (χ1) is 13.3. The highest BCUT2D eigenvalue weighted by molar-refractivity contribution is 6.31. The molecule has 0 saturated carbocycles. The molecule has 0 aliphatic carbocycles. The van der Waals surface area contributed by atoms with Crippen LogP contribution in [-0.4, -0.2) is 30.9 Å². The summed E-state index contributed by atoms with van der Waals surface area (Å²) >= 11 is 6.10. The Balaban J connectivity index is 1.55. The van der Waals surface area contributed by atoms with E-state index < -0.39 is 30.2 Å². The lowest BCUT2D eigenvalue weighted by atomic mass is 10.1. The van der Waals surface area contributed by atoms with Gasteiger partial charge in [-0.15, -0.1) is 0 Å². The van der Waals surface area contributed by atoms with Crippen LogP contribution < -0.4 is 10.2 Å². The molecule has 0 bridgehead atoms. The third-order valence-corrected chi connectivity index (χ3v) is 4.87. The highest BCUT2D eigenvalue weighted by atomic mass is 35.5. The largest absolute Gasteiger partial charge is 0.455 e. The Morgan fingerprint density at radius 1 is 1.25 bits per heavy atom. The van der Waals surface area contributed by atoms with E-state index in [2.05, 4.69) is 5.32 Å². The van der Waals surface area contributed by atoms with Gasteiger partial charge in [-0.3, -0.25) is 14.4 Å². The number of nitrogens with one attached hydrogen (secondary N) is 1. The zero-order valence-corrected chi connectivity index (χ0v) is 15.8. The molecule has 0 radical (unpaired) electrons. The van der Waals surface area contributed by atoms with Crippen molar-refractivity contribution in [2.75, 3.05) is 23.4 Å². The van der Waals surface area contributed by atoms with Crippen LogP contribution in [0.5, 0.6) is 0 Å². The van der Waals surface area contributed by atoms with Gasteiger partial charge >= 0.3 is 5.97 Å². The number of amides is 2. The van der Waals surface area contributed by atoms with Crippen molar-refractivity contribution < 1.29 is 23.5 Å². The van der Waals surface area contributed by atoms with Gasteiger partial charge in [0, 0.05) is 29.4 Å². The Labute approximate surface area is 166 Å². The fraction of sp³-hybridized carbons (Fsp3) is 0.250. The number of halogens is 2. The zero-order chi connectivity index (χ0) is 20.3. The second-order valence-electron chi connectivity index (χ2n) is 6.45. The van der Waals surface area contributed by atoms with E-state index >= 15 is 0 Å². The molecule has 8 heteroatoms. The second-order valence-corrected chi connectivity index (χ2v) is 6.86. The summed E-state index contributed by atoms with van der Waals surface area (Å²) in [4.78, 5) is 38.0. The fourth-order valence-electron chi connectivity index (χ4n) is 2.97. The van der Waals surface area contributed by atoms with E-state index in [9.17, 15) is 18.8 Å². The number of esters is 1. The average molecular weight is 405 g/mol. The van der Waals surface area contributed by atoms with Crippen LogP contribution in [0, 0.1) is 18.7 Å². The molecule has 1 saturated heterocycles. The van der Waals surface area contributed by atoms with Gasteiger partial charge in [0.2, 0.25) is 5.91 Å². The lowest BCUT2D eigenvalue weighted by molar-refractivity contribution is -0.151. The standard InChI is InChI=1S/C20H18ClFN2O4/c1-12-16(21)3-2-4-17(12)24-10-13(9-19(24)26)20(27)28-11-18(25)23-15-7-5-14(22)6-8-15/h2-8,13H,9-11H2,1H3,(H,23,25)/t13-/m0/s1. The van der Waals surface area contributed by atoms with Crippen molar-refractivity contribution in [1.82, 2.24) is 0 Å². The number of benzene rings is 2. The highest BCUT2D eigenvalue weighted by Gasteiger charge is 2.37. The molecule has 6 nitrogen and oxygen atoms in total. The average Bonchev–Trinajstić information content (AvgIpc) is 3.05. The van der Waals surface area contributed by atoms with Crippen LogP contribution in [0.3, 0.4) is 0 Å². The molecule has 0 aromatic heterocycles. The summed E-state index contributed by atoms with van der Waals surface area (Å²) in [5.41, 5.74) is 1.80. The van der Waals surface area contributed by atoms with Crippen LogP contribution in [0.2, 0.25) is 5.02 Å². The van der Waals surface area contributed by atoms with Crippen LogP contribution in [-0.2, 0) is 19.1 Å². The quantitative estimate of drug-likeness (QED) is 0.776. The molecule has 0 unspecified atom stereocenters. The molecule has 2 amide bonds. The maximum absolute atomic E-state index is 12.9. The smallest absolute Gasteiger partial charge is 0.311 e. The van der Waals surface area contributed by atoms with E-state index in [4.69, 9.17) is 16.3 Å². The van der Waals surface area contributed by atoms with Crippen LogP contribution >= 0.6 is 11.6 Å². The van der Waals surface area contributed by atoms with Gasteiger partial charge in [0.1, 0.15) is 5.82 Å². The van der Waals surface area contributed by atoms with Crippen molar-refractivity contribution in [3.63, 3.8) is 0 Å². The van der Waals surface area contributed by atoms with E-state index in [1.165, 1.54) is 29.2 Å². The Hall–Kier alpha value is -2.93. The first-order valence-electron chi connectivity index (χ1n) is 8.62. The number of rotatable bonds is 5. The molecule has 1 heterocycles. The van der Waals surface area contributed by atoms with E-state index in [0.717, 1.165) is 5.56 Å². The van der Waals surface area contributed by atoms with Crippen LogP contribution in [0.1, 0.15) is 12.0 Å². The third-order valence-electron chi connectivity index (χ3n) is 4.46. The van der Waals surface area contributed by atoms with E-state index in [1.54, 1.807) is 25.1 Å². The van der Waals surface area contributed by atoms with E-state index in [0.29, 0.717) is 16.4 Å². The van der Waals surface area contributed by atoms with Crippen LogP contribution in [0.4, 0.5) is 15.8 Å². The molecule has 1 N–H and O–H groups in total. The molecule has 1 aliphatic heterocycles. The van der Waals surface area contributed by atoms with Crippen molar-refractivity contribution in [1.29, 1.82) is 0 Å². The van der Waals surface area contributed by atoms with Crippen LogP contribution in [0.25, 0.3) is 0 Å². The molecule has 1 atom stereocenters. The van der Waals surface area contributed by atoms with Gasteiger partial charge in [-0.2, -0.15) is 0 Å². The minimum Gasteiger partial charge on any atom is -0.455 e. The number of hydrogen-bond donors (Lipinski definition) is 1. The zero-order valence-electron chi connectivity index (χ0n) is 15.1. The number of hydrogen-bond acceptors (Lipinski definition) is 4. The van der Waals surface area contributed by atoms with E-state index in [-0.39, 0.29) is 18.9 Å². The molecule has 2 aromatic carbocycles. The monoisotopic (exact) mass is 404 g/mol. The minimum absolute atomic E-state index is 0.00433. The topological polar surface area (TPSA) is 75.7 Å². The number of anilines is 2. The number of ether oxygens (including phenoxy) is 1. The van der Waals surface area contributed by atoms with Gasteiger partial charge in [0.25, 0.3) is 5.91 Å². The third kappa shape index (κ3) is 4.48. The van der Waals surface area contributed by atoms with Gasteiger partial charge in [-0.1, -0.05) is 17.7 Å².